The van der Waals surface area contributed by atoms with E-state index >= 15 is 0 Å². The molecule has 3 N–H and O–H groups in total. The van der Waals surface area contributed by atoms with Gasteiger partial charge in [-0.2, -0.15) is 0 Å². The third-order valence-corrected chi connectivity index (χ3v) is 8.27. The lowest BCUT2D eigenvalue weighted by Crippen LogP contribution is -2.42. The Morgan fingerprint density at radius 3 is 2.72 bits per heavy atom. The molecular formula is C29H38ClN5O4. The molecule has 9 nitrogen and oxygen atoms in total. The lowest BCUT2D eigenvalue weighted by atomic mass is 9.97. The Kier molecular flexibility index (Phi) is 8.26. The Morgan fingerprint density at radius 1 is 1.21 bits per heavy atom. The van der Waals surface area contributed by atoms with E-state index in [1.165, 1.54) is 0 Å². The Bertz CT molecular complexity index is 1430. The van der Waals surface area contributed by atoms with E-state index in [-0.39, 0.29) is 30.2 Å². The number of likely N-dealkylation sites (tertiary alicyclic amines) is 1. The number of nitrogens with one attached hydrogen (secondary N) is 1. The van der Waals surface area contributed by atoms with Gasteiger partial charge in [0.2, 0.25) is 5.95 Å². The van der Waals surface area contributed by atoms with E-state index in [9.17, 15) is 15.0 Å². The molecule has 2 fully saturated rings. The largest absolute Gasteiger partial charge is 0.392 e. The second-order valence-electron chi connectivity index (χ2n) is 11.1. The number of aryl methyl sites for hydroxylation is 1. The molecule has 2 saturated heterocycles. The number of halogens is 1. The number of rotatable bonds is 6. The summed E-state index contributed by atoms with van der Waals surface area (Å²) < 4.78 is 7.60. The van der Waals surface area contributed by atoms with Crippen LogP contribution < -0.4 is 10.7 Å². The molecule has 2 aliphatic rings. The summed E-state index contributed by atoms with van der Waals surface area (Å²) in [6, 6.07) is 3.66. The molecule has 0 spiro atoms. The molecule has 1 aromatic carbocycles. The van der Waals surface area contributed by atoms with Crippen LogP contribution in [0.2, 0.25) is 5.02 Å². The van der Waals surface area contributed by atoms with Gasteiger partial charge < -0.3 is 24.8 Å². The first-order valence-electron chi connectivity index (χ1n) is 13.8. The number of fused-ring (bicyclic) bond motifs is 1. The van der Waals surface area contributed by atoms with E-state index in [0.29, 0.717) is 48.2 Å². The van der Waals surface area contributed by atoms with Crippen molar-refractivity contribution in [3.8, 4) is 11.3 Å². The number of hydrogen-bond donors (Lipinski definition) is 3. The molecule has 5 rings (SSSR count). The smallest absolute Gasteiger partial charge is 0.223 e. The van der Waals surface area contributed by atoms with Crippen LogP contribution in [0.15, 0.2) is 23.1 Å². The number of aromatic nitrogens is 3. The summed E-state index contributed by atoms with van der Waals surface area (Å²) in [5.74, 6) is 0.384. The summed E-state index contributed by atoms with van der Waals surface area (Å²) in [7, 11) is 0. The number of nitrogens with zero attached hydrogens (tertiary/aromatic N) is 4. The van der Waals surface area contributed by atoms with Gasteiger partial charge in [0.25, 0.3) is 0 Å². The monoisotopic (exact) mass is 555 g/mol. The molecule has 3 atom stereocenters. The average molecular weight is 556 g/mol. The van der Waals surface area contributed by atoms with Crippen LogP contribution in [0.1, 0.15) is 56.0 Å². The molecule has 10 heteroatoms. The number of ether oxygens (including phenoxy) is 1. The van der Waals surface area contributed by atoms with Crippen LogP contribution in [0.4, 0.5) is 5.95 Å². The molecular weight excluding hydrogens is 518 g/mol. The van der Waals surface area contributed by atoms with Crippen molar-refractivity contribution in [3.05, 3.63) is 50.4 Å². The Morgan fingerprint density at radius 2 is 2.00 bits per heavy atom. The standard InChI is InChI=1S/C29H38ClN5O4/c1-16(2)35-24(14-34-10-5-6-19(36)13-34)18(4)28(38)21-8-7-20(17(3)27(21)35)26-22(30)12-31-29(33-26)32-23-9-11-39-15-25(23)37/h7-8,12,16,19,23,25,36-37H,5-6,9-11,13-15H2,1-4H3,(H,31,32,33)/t19-,23+,25+/m0/s1. The van der Waals surface area contributed by atoms with Crippen LogP contribution in [-0.2, 0) is 11.3 Å². The summed E-state index contributed by atoms with van der Waals surface area (Å²) in [5, 5.41) is 24.9. The van der Waals surface area contributed by atoms with E-state index in [2.05, 4.69) is 33.6 Å². The normalized spacial score (nSPS) is 22.5. The van der Waals surface area contributed by atoms with Crippen molar-refractivity contribution in [1.29, 1.82) is 0 Å². The van der Waals surface area contributed by atoms with Crippen molar-refractivity contribution in [2.75, 3.05) is 31.6 Å². The number of pyridine rings is 1. The Balaban J connectivity index is 1.62. The van der Waals surface area contributed by atoms with Gasteiger partial charge >= 0.3 is 0 Å². The summed E-state index contributed by atoms with van der Waals surface area (Å²) >= 11 is 6.64. The molecule has 3 aromatic rings. The Labute approximate surface area is 233 Å². The summed E-state index contributed by atoms with van der Waals surface area (Å²) in [5.41, 5.74) is 4.91. The molecule has 0 aliphatic carbocycles. The maximum atomic E-state index is 13.6. The molecule has 0 bridgehead atoms. The molecule has 0 amide bonds. The molecule has 39 heavy (non-hydrogen) atoms. The maximum absolute atomic E-state index is 13.6. The minimum atomic E-state index is -0.646. The van der Waals surface area contributed by atoms with E-state index < -0.39 is 6.10 Å². The number of benzene rings is 1. The number of anilines is 1. The minimum absolute atomic E-state index is 0.0220. The van der Waals surface area contributed by atoms with Crippen LogP contribution in [0.3, 0.4) is 0 Å². The van der Waals surface area contributed by atoms with Crippen molar-refractivity contribution >= 4 is 28.5 Å². The minimum Gasteiger partial charge on any atom is -0.392 e. The number of aliphatic hydroxyl groups excluding tert-OH is 2. The predicted octanol–water partition coefficient (Wildman–Crippen LogP) is 3.83. The zero-order chi connectivity index (χ0) is 27.8. The van der Waals surface area contributed by atoms with Crippen molar-refractivity contribution < 1.29 is 14.9 Å². The van der Waals surface area contributed by atoms with E-state index in [4.69, 9.17) is 21.3 Å². The van der Waals surface area contributed by atoms with Gasteiger partial charge in [-0.15, -0.1) is 0 Å². The van der Waals surface area contributed by atoms with Crippen LogP contribution in [0.25, 0.3) is 22.2 Å². The predicted molar refractivity (Wildman–Crippen MR) is 153 cm³/mol. The fourth-order valence-corrected chi connectivity index (χ4v) is 6.13. The van der Waals surface area contributed by atoms with Gasteiger partial charge in [-0.25, -0.2) is 9.97 Å². The van der Waals surface area contributed by atoms with Crippen LogP contribution >= 0.6 is 11.6 Å². The molecule has 0 unspecified atom stereocenters. The molecule has 2 aromatic heterocycles. The summed E-state index contributed by atoms with van der Waals surface area (Å²) in [4.78, 5) is 25.0. The third kappa shape index (κ3) is 5.56. The second kappa shape index (κ2) is 11.5. The van der Waals surface area contributed by atoms with E-state index in [1.807, 2.05) is 26.0 Å². The van der Waals surface area contributed by atoms with E-state index in [0.717, 1.165) is 47.3 Å². The number of piperidine rings is 1. The van der Waals surface area contributed by atoms with Crippen molar-refractivity contribution in [3.63, 3.8) is 0 Å². The lowest BCUT2D eigenvalue weighted by Gasteiger charge is -2.33. The van der Waals surface area contributed by atoms with Crippen molar-refractivity contribution in [2.45, 2.75) is 77.8 Å². The third-order valence-electron chi connectivity index (χ3n) is 7.99. The van der Waals surface area contributed by atoms with Gasteiger partial charge in [-0.1, -0.05) is 17.7 Å². The van der Waals surface area contributed by atoms with Gasteiger partial charge in [-0.05, 0) is 65.1 Å². The van der Waals surface area contributed by atoms with Crippen LogP contribution in [0, 0.1) is 13.8 Å². The van der Waals surface area contributed by atoms with Crippen molar-refractivity contribution in [1.82, 2.24) is 19.4 Å². The first kappa shape index (κ1) is 28.0. The zero-order valence-electron chi connectivity index (χ0n) is 23.1. The molecule has 0 radical (unpaired) electrons. The van der Waals surface area contributed by atoms with Crippen LogP contribution in [-0.4, -0.2) is 74.2 Å². The van der Waals surface area contributed by atoms with Crippen LogP contribution in [0.5, 0.6) is 0 Å². The topological polar surface area (TPSA) is 113 Å². The highest BCUT2D eigenvalue weighted by atomic mass is 35.5. The first-order chi connectivity index (χ1) is 18.7. The van der Waals surface area contributed by atoms with Gasteiger partial charge in [0.05, 0.1) is 47.3 Å². The fraction of sp³-hybridized carbons (Fsp3) is 0.552. The van der Waals surface area contributed by atoms with E-state index in [1.54, 1.807) is 6.20 Å². The lowest BCUT2D eigenvalue weighted by molar-refractivity contribution is -0.0136. The highest BCUT2D eigenvalue weighted by Crippen LogP contribution is 2.35. The number of aliphatic hydroxyl groups is 2. The molecule has 4 heterocycles. The molecule has 0 saturated carbocycles. The highest BCUT2D eigenvalue weighted by Gasteiger charge is 2.26. The quantitative estimate of drug-likeness (QED) is 0.421. The van der Waals surface area contributed by atoms with Gasteiger partial charge in [0.15, 0.2) is 5.43 Å². The number of β-amino-alcohol motifs (C(OH)–C–C–N with tert-alkyl or cyclic N) is 1. The van der Waals surface area contributed by atoms with Gasteiger partial charge in [-0.3, -0.25) is 9.69 Å². The number of hydrogen-bond acceptors (Lipinski definition) is 8. The van der Waals surface area contributed by atoms with Gasteiger partial charge in [0.1, 0.15) is 0 Å². The average Bonchev–Trinajstić information content (AvgIpc) is 2.90. The fourth-order valence-electron chi connectivity index (χ4n) is 5.93. The summed E-state index contributed by atoms with van der Waals surface area (Å²) in [6.45, 7) is 11.1. The SMILES string of the molecule is Cc1c(CN2CCC[C@H](O)C2)n(C(C)C)c2c(C)c(-c3nc(N[C@@H]4CCOC[C@H]4O)ncc3Cl)ccc2c1=O. The molecule has 2 aliphatic heterocycles. The zero-order valence-corrected chi connectivity index (χ0v) is 23.8. The Hall–Kier alpha value is -2.56. The second-order valence-corrected chi connectivity index (χ2v) is 11.5. The maximum Gasteiger partial charge on any atom is 0.223 e. The summed E-state index contributed by atoms with van der Waals surface area (Å²) in [6.07, 6.45) is 2.99. The molecule has 210 valence electrons. The first-order valence-corrected chi connectivity index (χ1v) is 14.2. The van der Waals surface area contributed by atoms with Gasteiger partial charge in [0, 0.05) is 47.9 Å². The van der Waals surface area contributed by atoms with Crippen molar-refractivity contribution in [2.24, 2.45) is 0 Å². The highest BCUT2D eigenvalue weighted by molar-refractivity contribution is 6.33.